The van der Waals surface area contributed by atoms with Crippen molar-refractivity contribution >= 4 is 15.9 Å². The van der Waals surface area contributed by atoms with E-state index in [-0.39, 0.29) is 6.54 Å². The Morgan fingerprint density at radius 3 is 2.00 bits per heavy atom. The zero-order valence-electron chi connectivity index (χ0n) is 7.37. The van der Waals surface area contributed by atoms with E-state index < -0.39 is 0 Å². The Bertz CT molecular complexity index is 281. The van der Waals surface area contributed by atoms with Gasteiger partial charge in [0.25, 0.3) is 0 Å². The molecule has 0 aliphatic heterocycles. The normalized spacial score (nSPS) is 9.85. The molecule has 0 radical (unpaired) electrons. The maximum Gasteiger partial charge on any atom is 0.235 e. The Morgan fingerprint density at radius 2 is 1.69 bits per heavy atom. The van der Waals surface area contributed by atoms with Gasteiger partial charge < -0.3 is 15.2 Å². The molecule has 72 valence electrons. The number of nitrogens with zero attached hydrogens (tertiary/aromatic N) is 2. The molecule has 1 heterocycles. The number of methoxy groups -OCH3 is 2. The van der Waals surface area contributed by atoms with Crippen LogP contribution in [0.5, 0.6) is 11.8 Å². The highest BCUT2D eigenvalue weighted by Gasteiger charge is 2.11. The van der Waals surface area contributed by atoms with E-state index in [0.29, 0.717) is 22.1 Å². The number of ether oxygens (including phenoxy) is 2. The second-order valence-corrected chi connectivity index (χ2v) is 2.97. The summed E-state index contributed by atoms with van der Waals surface area (Å²) in [5, 5.41) is 0. The minimum Gasteiger partial charge on any atom is -0.480 e. The third-order valence-electron chi connectivity index (χ3n) is 1.41. The molecule has 0 amide bonds. The summed E-state index contributed by atoms with van der Waals surface area (Å²) in [5.41, 5.74) is 5.40. The van der Waals surface area contributed by atoms with Crippen molar-refractivity contribution in [1.82, 2.24) is 9.97 Å². The van der Waals surface area contributed by atoms with Crippen molar-refractivity contribution in [2.45, 2.75) is 6.54 Å². The monoisotopic (exact) mass is 247 g/mol. The van der Waals surface area contributed by atoms with Crippen LogP contribution in [-0.2, 0) is 6.54 Å². The lowest BCUT2D eigenvalue weighted by molar-refractivity contribution is 0.363. The standard InChI is InChI=1S/C7H10BrN3O2/c1-12-6-5(8)7(13-2)11-4(3-9)10-6/h3,9H2,1-2H3. The third kappa shape index (κ3) is 2.07. The van der Waals surface area contributed by atoms with Crippen LogP contribution >= 0.6 is 15.9 Å². The number of hydrogen-bond acceptors (Lipinski definition) is 5. The van der Waals surface area contributed by atoms with Crippen LogP contribution in [-0.4, -0.2) is 24.2 Å². The molecule has 0 saturated carbocycles. The van der Waals surface area contributed by atoms with Crippen LogP contribution in [0.2, 0.25) is 0 Å². The van der Waals surface area contributed by atoms with E-state index in [1.165, 1.54) is 14.2 Å². The molecule has 1 aromatic rings. The van der Waals surface area contributed by atoms with Crippen molar-refractivity contribution in [3.63, 3.8) is 0 Å². The number of rotatable bonds is 3. The second kappa shape index (κ2) is 4.38. The Morgan fingerprint density at radius 1 is 1.23 bits per heavy atom. The van der Waals surface area contributed by atoms with Gasteiger partial charge in [-0.25, -0.2) is 0 Å². The van der Waals surface area contributed by atoms with Crippen LogP contribution in [0.1, 0.15) is 5.82 Å². The molecule has 2 N–H and O–H groups in total. The van der Waals surface area contributed by atoms with Gasteiger partial charge in [0.2, 0.25) is 11.8 Å². The molecule has 1 aromatic heterocycles. The van der Waals surface area contributed by atoms with Gasteiger partial charge in [-0.1, -0.05) is 0 Å². The third-order valence-corrected chi connectivity index (χ3v) is 2.08. The van der Waals surface area contributed by atoms with Gasteiger partial charge in [0.1, 0.15) is 10.3 Å². The zero-order valence-corrected chi connectivity index (χ0v) is 8.96. The minimum atomic E-state index is 0.250. The summed E-state index contributed by atoms with van der Waals surface area (Å²) in [6, 6.07) is 0. The highest BCUT2D eigenvalue weighted by Crippen LogP contribution is 2.30. The topological polar surface area (TPSA) is 70.3 Å². The maximum atomic E-state index is 5.40. The van der Waals surface area contributed by atoms with Crippen molar-refractivity contribution in [3.8, 4) is 11.8 Å². The van der Waals surface area contributed by atoms with Crippen LogP contribution < -0.4 is 15.2 Å². The average Bonchev–Trinajstić information content (AvgIpc) is 2.18. The van der Waals surface area contributed by atoms with Gasteiger partial charge in [0, 0.05) is 0 Å². The average molecular weight is 248 g/mol. The first kappa shape index (κ1) is 10.2. The fourth-order valence-corrected chi connectivity index (χ4v) is 1.31. The maximum absolute atomic E-state index is 5.40. The van der Waals surface area contributed by atoms with Crippen LogP contribution in [0.25, 0.3) is 0 Å². The number of nitrogens with two attached hydrogens (primary N) is 1. The lowest BCUT2D eigenvalue weighted by Crippen LogP contribution is -2.06. The molecular formula is C7H10BrN3O2. The molecule has 5 nitrogen and oxygen atoms in total. The molecule has 0 aromatic carbocycles. The van der Waals surface area contributed by atoms with Gasteiger partial charge in [-0.05, 0) is 15.9 Å². The fourth-order valence-electron chi connectivity index (χ4n) is 0.811. The summed E-state index contributed by atoms with van der Waals surface area (Å²) in [6.07, 6.45) is 0. The second-order valence-electron chi connectivity index (χ2n) is 2.18. The Hall–Kier alpha value is -0.880. The molecule has 6 heteroatoms. The molecule has 0 saturated heterocycles. The van der Waals surface area contributed by atoms with Crippen molar-refractivity contribution in [1.29, 1.82) is 0 Å². The van der Waals surface area contributed by atoms with Gasteiger partial charge in [0.05, 0.1) is 20.8 Å². The highest BCUT2D eigenvalue weighted by atomic mass is 79.9. The van der Waals surface area contributed by atoms with E-state index in [0.717, 1.165) is 0 Å². The van der Waals surface area contributed by atoms with Gasteiger partial charge in [-0.2, -0.15) is 9.97 Å². The van der Waals surface area contributed by atoms with E-state index in [1.807, 2.05) is 0 Å². The number of aromatic nitrogens is 2. The number of halogens is 1. The van der Waals surface area contributed by atoms with Crippen molar-refractivity contribution in [3.05, 3.63) is 10.3 Å². The predicted octanol–water partition coefficient (Wildman–Crippen LogP) is 0.715. The molecule has 0 atom stereocenters. The first-order valence-corrected chi connectivity index (χ1v) is 4.36. The van der Waals surface area contributed by atoms with Crippen LogP contribution in [0.4, 0.5) is 0 Å². The predicted molar refractivity (Wildman–Crippen MR) is 50.7 cm³/mol. The molecular weight excluding hydrogens is 238 g/mol. The van der Waals surface area contributed by atoms with Crippen LogP contribution in [0, 0.1) is 0 Å². The smallest absolute Gasteiger partial charge is 0.235 e. The quantitative estimate of drug-likeness (QED) is 0.853. The van der Waals surface area contributed by atoms with E-state index in [9.17, 15) is 0 Å². The van der Waals surface area contributed by atoms with Gasteiger partial charge in [0.15, 0.2) is 0 Å². The molecule has 0 bridgehead atoms. The molecule has 0 aliphatic rings. The van der Waals surface area contributed by atoms with Crippen LogP contribution in [0.15, 0.2) is 4.47 Å². The first-order valence-electron chi connectivity index (χ1n) is 3.57. The molecule has 1 rings (SSSR count). The summed E-state index contributed by atoms with van der Waals surface area (Å²) >= 11 is 3.25. The van der Waals surface area contributed by atoms with E-state index in [2.05, 4.69) is 25.9 Å². The van der Waals surface area contributed by atoms with Gasteiger partial charge in [-0.15, -0.1) is 0 Å². The fraction of sp³-hybridized carbons (Fsp3) is 0.429. The molecule has 0 spiro atoms. The zero-order chi connectivity index (χ0) is 9.84. The van der Waals surface area contributed by atoms with Crippen molar-refractivity contribution in [2.24, 2.45) is 5.73 Å². The van der Waals surface area contributed by atoms with Gasteiger partial charge in [-0.3, -0.25) is 0 Å². The van der Waals surface area contributed by atoms with E-state index >= 15 is 0 Å². The molecule has 0 unspecified atom stereocenters. The first-order chi connectivity index (χ1) is 6.22. The summed E-state index contributed by atoms with van der Waals surface area (Å²) in [6.45, 7) is 0.250. The Kier molecular flexibility index (Phi) is 3.44. The summed E-state index contributed by atoms with van der Waals surface area (Å²) in [5.74, 6) is 1.33. The summed E-state index contributed by atoms with van der Waals surface area (Å²) < 4.78 is 10.6. The van der Waals surface area contributed by atoms with E-state index in [1.54, 1.807) is 0 Å². The SMILES string of the molecule is COc1nc(CN)nc(OC)c1Br. The Labute approximate surface area is 84.4 Å². The molecule has 13 heavy (non-hydrogen) atoms. The van der Waals surface area contributed by atoms with Gasteiger partial charge >= 0.3 is 0 Å². The molecule has 0 fully saturated rings. The van der Waals surface area contributed by atoms with E-state index in [4.69, 9.17) is 15.2 Å². The minimum absolute atomic E-state index is 0.250. The van der Waals surface area contributed by atoms with Crippen molar-refractivity contribution in [2.75, 3.05) is 14.2 Å². The summed E-state index contributed by atoms with van der Waals surface area (Å²) in [4.78, 5) is 8.07. The highest BCUT2D eigenvalue weighted by molar-refractivity contribution is 9.10. The van der Waals surface area contributed by atoms with Crippen LogP contribution in [0.3, 0.4) is 0 Å². The summed E-state index contributed by atoms with van der Waals surface area (Å²) in [7, 11) is 3.04. The van der Waals surface area contributed by atoms with Crippen molar-refractivity contribution < 1.29 is 9.47 Å². The largest absolute Gasteiger partial charge is 0.480 e. The molecule has 0 aliphatic carbocycles. The Balaban J connectivity index is 3.20. The lowest BCUT2D eigenvalue weighted by Gasteiger charge is -2.07. The number of hydrogen-bond donors (Lipinski definition) is 1. The lowest BCUT2D eigenvalue weighted by atomic mass is 10.5.